The molecule has 0 spiro atoms. The van der Waals surface area contributed by atoms with Crippen molar-refractivity contribution in [2.45, 2.75) is 20.4 Å². The molecule has 1 aromatic heterocycles. The van der Waals surface area contributed by atoms with E-state index in [0.29, 0.717) is 12.6 Å². The third-order valence-corrected chi connectivity index (χ3v) is 3.80. The summed E-state index contributed by atoms with van der Waals surface area (Å²) in [6.45, 7) is 4.76. The molecule has 23 heavy (non-hydrogen) atoms. The summed E-state index contributed by atoms with van der Waals surface area (Å²) in [6.07, 6.45) is 0. The molecule has 1 N–H and O–H groups in total. The molecule has 0 amide bonds. The van der Waals surface area contributed by atoms with Gasteiger partial charge in [0.2, 0.25) is 0 Å². The Balaban J connectivity index is 1.91. The number of ether oxygens (including phenoxy) is 1. The number of hydrogen-bond acceptors (Lipinski definition) is 4. The number of methoxy groups -OCH3 is 1. The molecule has 0 aliphatic rings. The van der Waals surface area contributed by atoms with Crippen LogP contribution < -0.4 is 10.1 Å². The number of aryl methyl sites for hydroxylation is 2. The molecule has 0 fully saturated rings. The molecule has 0 bridgehead atoms. The van der Waals surface area contributed by atoms with E-state index in [1.165, 1.54) is 11.1 Å². The molecule has 0 atom stereocenters. The van der Waals surface area contributed by atoms with Gasteiger partial charge >= 0.3 is 6.01 Å². The maximum Gasteiger partial charge on any atom is 0.321 e. The second-order valence-electron chi connectivity index (χ2n) is 5.39. The van der Waals surface area contributed by atoms with E-state index >= 15 is 0 Å². The van der Waals surface area contributed by atoms with Gasteiger partial charge in [0.15, 0.2) is 5.82 Å². The van der Waals surface area contributed by atoms with Crippen LogP contribution >= 0.6 is 0 Å². The van der Waals surface area contributed by atoms with Gasteiger partial charge in [-0.05, 0) is 37.1 Å². The highest BCUT2D eigenvalue weighted by molar-refractivity contribution is 5.56. The lowest BCUT2D eigenvalue weighted by atomic mass is 10.1. The SMILES string of the molecule is COc1nnc(CNc2c(C)cccc2C)n1-c1ccccc1. The van der Waals surface area contributed by atoms with Crippen LogP contribution in [0.5, 0.6) is 6.01 Å². The van der Waals surface area contributed by atoms with Crippen molar-refractivity contribution in [3.63, 3.8) is 0 Å². The first-order chi connectivity index (χ1) is 11.2. The Morgan fingerprint density at radius 3 is 2.30 bits per heavy atom. The molecular weight excluding hydrogens is 288 g/mol. The van der Waals surface area contributed by atoms with Crippen LogP contribution in [0.15, 0.2) is 48.5 Å². The maximum absolute atomic E-state index is 5.34. The van der Waals surface area contributed by atoms with Crippen LogP contribution in [0.3, 0.4) is 0 Å². The van der Waals surface area contributed by atoms with Crippen LogP contribution in [0.4, 0.5) is 5.69 Å². The van der Waals surface area contributed by atoms with Gasteiger partial charge in [0.1, 0.15) is 0 Å². The molecule has 1 heterocycles. The number of rotatable bonds is 5. The lowest BCUT2D eigenvalue weighted by Gasteiger charge is -2.13. The van der Waals surface area contributed by atoms with Crippen molar-refractivity contribution in [1.82, 2.24) is 14.8 Å². The van der Waals surface area contributed by atoms with Crippen LogP contribution in [-0.2, 0) is 6.54 Å². The summed E-state index contributed by atoms with van der Waals surface area (Å²) in [6, 6.07) is 16.7. The lowest BCUT2D eigenvalue weighted by molar-refractivity contribution is 0.371. The molecule has 0 radical (unpaired) electrons. The summed E-state index contributed by atoms with van der Waals surface area (Å²) in [5, 5.41) is 11.8. The Morgan fingerprint density at radius 1 is 0.957 bits per heavy atom. The van der Waals surface area contributed by atoms with E-state index < -0.39 is 0 Å². The van der Waals surface area contributed by atoms with Crippen LogP contribution in [0.1, 0.15) is 17.0 Å². The first kappa shape index (κ1) is 15.1. The molecule has 0 saturated heterocycles. The Bertz CT molecular complexity index is 776. The number of aromatic nitrogens is 3. The van der Waals surface area contributed by atoms with E-state index in [1.807, 2.05) is 34.9 Å². The molecule has 3 aromatic rings. The average Bonchev–Trinajstić information content (AvgIpc) is 2.98. The highest BCUT2D eigenvalue weighted by Crippen LogP contribution is 2.22. The predicted molar refractivity (Wildman–Crippen MR) is 91.2 cm³/mol. The van der Waals surface area contributed by atoms with E-state index in [1.54, 1.807) is 7.11 Å². The topological polar surface area (TPSA) is 52.0 Å². The number of nitrogens with one attached hydrogen (secondary N) is 1. The highest BCUT2D eigenvalue weighted by Gasteiger charge is 2.14. The average molecular weight is 308 g/mol. The maximum atomic E-state index is 5.34. The molecule has 2 aromatic carbocycles. The summed E-state index contributed by atoms with van der Waals surface area (Å²) in [5.41, 5.74) is 4.53. The summed E-state index contributed by atoms with van der Waals surface area (Å²) in [4.78, 5) is 0. The van der Waals surface area contributed by atoms with E-state index in [9.17, 15) is 0 Å². The van der Waals surface area contributed by atoms with E-state index in [0.717, 1.165) is 17.2 Å². The fourth-order valence-corrected chi connectivity index (χ4v) is 2.64. The Hall–Kier alpha value is -2.82. The fourth-order valence-electron chi connectivity index (χ4n) is 2.64. The van der Waals surface area contributed by atoms with Gasteiger partial charge in [0.25, 0.3) is 0 Å². The minimum absolute atomic E-state index is 0.481. The van der Waals surface area contributed by atoms with E-state index in [-0.39, 0.29) is 0 Å². The van der Waals surface area contributed by atoms with Crippen molar-refractivity contribution >= 4 is 5.69 Å². The van der Waals surface area contributed by atoms with Crippen LogP contribution in [-0.4, -0.2) is 21.9 Å². The molecule has 0 aliphatic carbocycles. The number of para-hydroxylation sites is 2. The minimum Gasteiger partial charge on any atom is -0.467 e. The minimum atomic E-state index is 0.481. The highest BCUT2D eigenvalue weighted by atomic mass is 16.5. The number of anilines is 1. The summed E-state index contributed by atoms with van der Waals surface area (Å²) in [7, 11) is 1.60. The van der Waals surface area contributed by atoms with Gasteiger partial charge in [-0.1, -0.05) is 41.5 Å². The Labute approximate surface area is 135 Å². The monoisotopic (exact) mass is 308 g/mol. The van der Waals surface area contributed by atoms with Crippen molar-refractivity contribution in [3.8, 4) is 11.7 Å². The molecule has 118 valence electrons. The van der Waals surface area contributed by atoms with Crippen molar-refractivity contribution in [2.75, 3.05) is 12.4 Å². The molecular formula is C18H20N4O. The number of benzene rings is 2. The van der Waals surface area contributed by atoms with E-state index in [4.69, 9.17) is 4.74 Å². The molecule has 5 nitrogen and oxygen atoms in total. The Morgan fingerprint density at radius 2 is 1.65 bits per heavy atom. The number of hydrogen-bond donors (Lipinski definition) is 1. The first-order valence-corrected chi connectivity index (χ1v) is 7.54. The van der Waals surface area contributed by atoms with Crippen molar-refractivity contribution in [2.24, 2.45) is 0 Å². The van der Waals surface area contributed by atoms with Crippen LogP contribution in [0.2, 0.25) is 0 Å². The smallest absolute Gasteiger partial charge is 0.321 e. The zero-order valence-corrected chi connectivity index (χ0v) is 13.6. The molecule has 3 rings (SSSR count). The fraction of sp³-hybridized carbons (Fsp3) is 0.222. The van der Waals surface area contributed by atoms with Gasteiger partial charge in [-0.3, -0.25) is 0 Å². The zero-order valence-electron chi connectivity index (χ0n) is 13.6. The molecule has 5 heteroatoms. The zero-order chi connectivity index (χ0) is 16.2. The van der Waals surface area contributed by atoms with Gasteiger partial charge in [-0.25, -0.2) is 4.57 Å². The van der Waals surface area contributed by atoms with Crippen LogP contribution in [0.25, 0.3) is 5.69 Å². The molecule has 0 saturated carbocycles. The van der Waals surface area contributed by atoms with Gasteiger partial charge in [-0.15, -0.1) is 5.10 Å². The van der Waals surface area contributed by atoms with Gasteiger partial charge in [0, 0.05) is 5.69 Å². The molecule has 0 aliphatic heterocycles. The first-order valence-electron chi connectivity index (χ1n) is 7.54. The lowest BCUT2D eigenvalue weighted by Crippen LogP contribution is -2.10. The number of nitrogens with zero attached hydrogens (tertiary/aromatic N) is 3. The van der Waals surface area contributed by atoms with Crippen molar-refractivity contribution in [1.29, 1.82) is 0 Å². The quantitative estimate of drug-likeness (QED) is 0.783. The van der Waals surface area contributed by atoms with Gasteiger partial charge in [-0.2, -0.15) is 0 Å². The Kier molecular flexibility index (Phi) is 4.28. The third-order valence-electron chi connectivity index (χ3n) is 3.80. The normalized spacial score (nSPS) is 10.6. The van der Waals surface area contributed by atoms with Crippen molar-refractivity contribution < 1.29 is 4.74 Å². The second-order valence-corrected chi connectivity index (χ2v) is 5.39. The summed E-state index contributed by atoms with van der Waals surface area (Å²) < 4.78 is 7.26. The second kappa shape index (κ2) is 6.52. The standard InChI is InChI=1S/C18H20N4O/c1-13-8-7-9-14(2)17(13)19-12-16-20-21-18(23-3)22(16)15-10-5-4-6-11-15/h4-11,19H,12H2,1-3H3. The van der Waals surface area contributed by atoms with Gasteiger partial charge in [0.05, 0.1) is 19.3 Å². The third kappa shape index (κ3) is 3.04. The predicted octanol–water partition coefficient (Wildman–Crippen LogP) is 3.50. The van der Waals surface area contributed by atoms with E-state index in [2.05, 4.69) is 47.6 Å². The van der Waals surface area contributed by atoms with Crippen LogP contribution in [0, 0.1) is 13.8 Å². The largest absolute Gasteiger partial charge is 0.467 e. The van der Waals surface area contributed by atoms with Gasteiger partial charge < -0.3 is 10.1 Å². The summed E-state index contributed by atoms with van der Waals surface area (Å²) >= 11 is 0. The molecule has 0 unspecified atom stereocenters. The summed E-state index contributed by atoms with van der Waals surface area (Å²) in [5.74, 6) is 0.802. The van der Waals surface area contributed by atoms with Crippen molar-refractivity contribution in [3.05, 3.63) is 65.5 Å².